The molecule has 28 heavy (non-hydrogen) atoms. The Morgan fingerprint density at radius 1 is 0.929 bits per heavy atom. The van der Waals surface area contributed by atoms with Crippen LogP contribution in [0.2, 0.25) is 0 Å². The number of nitrogens with one attached hydrogen (secondary N) is 2. The van der Waals surface area contributed by atoms with Crippen LogP contribution in [-0.2, 0) is 10.0 Å². The lowest BCUT2D eigenvalue weighted by Crippen LogP contribution is -2.14. The van der Waals surface area contributed by atoms with Gasteiger partial charge < -0.3 is 10.1 Å². The van der Waals surface area contributed by atoms with Gasteiger partial charge in [-0.15, -0.1) is 0 Å². The zero-order valence-corrected chi connectivity index (χ0v) is 15.7. The number of methoxy groups -OCH3 is 1. The van der Waals surface area contributed by atoms with Crippen LogP contribution in [0.3, 0.4) is 0 Å². The molecule has 0 bridgehead atoms. The standard InChI is InChI=1S/C20H17FN2O4S/c1-27-18-4-2-3-14(13-18)20(24)22-16-9-11-19(12-10-16)28(25,26)23-17-7-5-15(21)6-8-17/h2-13,23H,1H3,(H,22,24). The van der Waals surface area contributed by atoms with E-state index in [0.29, 0.717) is 17.0 Å². The summed E-state index contributed by atoms with van der Waals surface area (Å²) >= 11 is 0. The SMILES string of the molecule is COc1cccc(C(=O)Nc2ccc(S(=O)(=O)Nc3ccc(F)cc3)cc2)c1. The molecule has 0 aliphatic rings. The number of carbonyl (C=O) groups excluding carboxylic acids is 1. The first-order valence-corrected chi connectivity index (χ1v) is 9.69. The number of carbonyl (C=O) groups is 1. The molecule has 3 rings (SSSR count). The Morgan fingerprint density at radius 2 is 1.57 bits per heavy atom. The van der Waals surface area contributed by atoms with Gasteiger partial charge in [-0.3, -0.25) is 9.52 Å². The predicted molar refractivity (Wildman–Crippen MR) is 105 cm³/mol. The predicted octanol–water partition coefficient (Wildman–Crippen LogP) is 3.89. The first-order valence-electron chi connectivity index (χ1n) is 8.21. The van der Waals surface area contributed by atoms with Crippen molar-refractivity contribution in [3.05, 3.63) is 84.2 Å². The van der Waals surface area contributed by atoms with Crippen molar-refractivity contribution < 1.29 is 22.3 Å². The van der Waals surface area contributed by atoms with Crippen LogP contribution in [0.4, 0.5) is 15.8 Å². The van der Waals surface area contributed by atoms with E-state index in [9.17, 15) is 17.6 Å². The zero-order chi connectivity index (χ0) is 20.1. The number of hydrogen-bond donors (Lipinski definition) is 2. The van der Waals surface area contributed by atoms with Gasteiger partial charge in [0.25, 0.3) is 15.9 Å². The number of anilines is 2. The van der Waals surface area contributed by atoms with Gasteiger partial charge >= 0.3 is 0 Å². The quantitative estimate of drug-likeness (QED) is 0.658. The third-order valence-corrected chi connectivity index (χ3v) is 5.25. The molecule has 8 heteroatoms. The third-order valence-electron chi connectivity index (χ3n) is 3.85. The molecular weight excluding hydrogens is 383 g/mol. The second-order valence-electron chi connectivity index (χ2n) is 5.82. The highest BCUT2D eigenvalue weighted by Gasteiger charge is 2.15. The summed E-state index contributed by atoms with van der Waals surface area (Å²) in [6.45, 7) is 0. The van der Waals surface area contributed by atoms with Gasteiger partial charge in [0, 0.05) is 16.9 Å². The number of rotatable bonds is 6. The highest BCUT2D eigenvalue weighted by atomic mass is 32.2. The van der Waals surface area contributed by atoms with Gasteiger partial charge in [-0.25, -0.2) is 12.8 Å². The molecule has 3 aromatic rings. The Labute approximate surface area is 162 Å². The van der Waals surface area contributed by atoms with Crippen LogP contribution < -0.4 is 14.8 Å². The molecule has 0 fully saturated rings. The minimum absolute atomic E-state index is 0.0104. The molecule has 0 atom stereocenters. The molecule has 144 valence electrons. The van der Waals surface area contributed by atoms with E-state index >= 15 is 0 Å². The average Bonchev–Trinajstić information content (AvgIpc) is 2.70. The third kappa shape index (κ3) is 4.66. The molecule has 0 aromatic heterocycles. The van der Waals surface area contributed by atoms with E-state index in [1.165, 1.54) is 43.5 Å². The summed E-state index contributed by atoms with van der Waals surface area (Å²) in [4.78, 5) is 12.3. The number of benzene rings is 3. The molecule has 0 aliphatic heterocycles. The van der Waals surface area contributed by atoms with Crippen LogP contribution in [0.25, 0.3) is 0 Å². The van der Waals surface area contributed by atoms with Crippen LogP contribution in [0.5, 0.6) is 5.75 Å². The molecule has 2 N–H and O–H groups in total. The maximum Gasteiger partial charge on any atom is 0.261 e. The van der Waals surface area contributed by atoms with Gasteiger partial charge in [0.2, 0.25) is 0 Å². The van der Waals surface area contributed by atoms with E-state index in [2.05, 4.69) is 10.0 Å². The summed E-state index contributed by atoms with van der Waals surface area (Å²) in [7, 11) is -2.32. The Hall–Kier alpha value is -3.39. The van der Waals surface area contributed by atoms with Crippen molar-refractivity contribution in [3.63, 3.8) is 0 Å². The summed E-state index contributed by atoms with van der Waals surface area (Å²) in [6.07, 6.45) is 0. The Balaban J connectivity index is 1.71. The lowest BCUT2D eigenvalue weighted by molar-refractivity contribution is 0.102. The van der Waals surface area contributed by atoms with Crippen LogP contribution >= 0.6 is 0 Å². The van der Waals surface area contributed by atoms with Gasteiger partial charge in [0.1, 0.15) is 11.6 Å². The first kappa shape index (κ1) is 19.4. The van der Waals surface area contributed by atoms with Gasteiger partial charge in [-0.05, 0) is 66.7 Å². The molecule has 0 saturated carbocycles. The molecule has 3 aromatic carbocycles. The maximum atomic E-state index is 12.9. The molecule has 0 spiro atoms. The summed E-state index contributed by atoms with van der Waals surface area (Å²) in [6, 6.07) is 17.4. The van der Waals surface area contributed by atoms with Crippen molar-refractivity contribution in [2.75, 3.05) is 17.1 Å². The lowest BCUT2D eigenvalue weighted by Gasteiger charge is -2.10. The fourth-order valence-electron chi connectivity index (χ4n) is 2.42. The van der Waals surface area contributed by atoms with Gasteiger partial charge in [0.05, 0.1) is 12.0 Å². The highest BCUT2D eigenvalue weighted by molar-refractivity contribution is 7.92. The van der Waals surface area contributed by atoms with E-state index in [1.54, 1.807) is 24.3 Å². The summed E-state index contributed by atoms with van der Waals surface area (Å²) in [5.41, 5.74) is 1.10. The van der Waals surface area contributed by atoms with Crippen molar-refractivity contribution in [2.24, 2.45) is 0 Å². The minimum Gasteiger partial charge on any atom is -0.497 e. The van der Waals surface area contributed by atoms with Crippen LogP contribution in [0, 0.1) is 5.82 Å². The lowest BCUT2D eigenvalue weighted by atomic mass is 10.2. The topological polar surface area (TPSA) is 84.5 Å². The van der Waals surface area contributed by atoms with Crippen molar-refractivity contribution in [1.82, 2.24) is 0 Å². The van der Waals surface area contributed by atoms with Crippen molar-refractivity contribution in [1.29, 1.82) is 0 Å². The van der Waals surface area contributed by atoms with Crippen molar-refractivity contribution in [3.8, 4) is 5.75 Å². The van der Waals surface area contributed by atoms with E-state index in [1.807, 2.05) is 0 Å². The molecule has 0 unspecified atom stereocenters. The fraction of sp³-hybridized carbons (Fsp3) is 0.0500. The van der Waals surface area contributed by atoms with E-state index < -0.39 is 15.8 Å². The maximum absolute atomic E-state index is 12.9. The van der Waals surface area contributed by atoms with Gasteiger partial charge in [-0.1, -0.05) is 6.07 Å². The molecule has 0 radical (unpaired) electrons. The number of ether oxygens (including phenoxy) is 1. The number of halogens is 1. The van der Waals surface area contributed by atoms with Gasteiger partial charge in [0.15, 0.2) is 0 Å². The monoisotopic (exact) mass is 400 g/mol. The summed E-state index contributed by atoms with van der Waals surface area (Å²) < 4.78 is 45.2. The Kier molecular flexibility index (Phi) is 5.60. The first-order chi connectivity index (χ1) is 13.4. The van der Waals surface area contributed by atoms with Crippen molar-refractivity contribution >= 4 is 27.3 Å². The number of sulfonamides is 1. The van der Waals surface area contributed by atoms with Crippen molar-refractivity contribution in [2.45, 2.75) is 4.90 Å². The van der Waals surface area contributed by atoms with E-state index in [-0.39, 0.29) is 16.5 Å². The zero-order valence-electron chi connectivity index (χ0n) is 14.8. The molecule has 0 heterocycles. The summed E-state index contributed by atoms with van der Waals surface area (Å²) in [5.74, 6) is -0.251. The van der Waals surface area contributed by atoms with Crippen LogP contribution in [0.1, 0.15) is 10.4 Å². The smallest absolute Gasteiger partial charge is 0.261 e. The number of amides is 1. The molecular formula is C20H17FN2O4S. The largest absolute Gasteiger partial charge is 0.497 e. The second-order valence-corrected chi connectivity index (χ2v) is 7.51. The molecule has 0 aliphatic carbocycles. The molecule has 6 nitrogen and oxygen atoms in total. The summed E-state index contributed by atoms with van der Waals surface area (Å²) in [5, 5.41) is 2.69. The normalized spacial score (nSPS) is 10.9. The van der Waals surface area contributed by atoms with E-state index in [0.717, 1.165) is 12.1 Å². The molecule has 0 saturated heterocycles. The Morgan fingerprint density at radius 3 is 2.21 bits per heavy atom. The van der Waals surface area contributed by atoms with Crippen LogP contribution in [0.15, 0.2) is 77.7 Å². The average molecular weight is 400 g/mol. The number of hydrogen-bond acceptors (Lipinski definition) is 4. The minimum atomic E-state index is -3.83. The highest BCUT2D eigenvalue weighted by Crippen LogP contribution is 2.20. The Bertz CT molecular complexity index is 1080. The molecule has 1 amide bonds. The second kappa shape index (κ2) is 8.10. The fourth-order valence-corrected chi connectivity index (χ4v) is 3.48. The van der Waals surface area contributed by atoms with Gasteiger partial charge in [-0.2, -0.15) is 0 Å². The van der Waals surface area contributed by atoms with Crippen LogP contribution in [-0.4, -0.2) is 21.4 Å². The van der Waals surface area contributed by atoms with E-state index in [4.69, 9.17) is 4.74 Å².